The van der Waals surface area contributed by atoms with Gasteiger partial charge in [0.2, 0.25) is 0 Å². The van der Waals surface area contributed by atoms with Crippen LogP contribution in [-0.2, 0) is 6.54 Å². The van der Waals surface area contributed by atoms with Gasteiger partial charge in [0, 0.05) is 12.1 Å². The van der Waals surface area contributed by atoms with Gasteiger partial charge >= 0.3 is 0 Å². The first-order valence-corrected chi connectivity index (χ1v) is 5.89. The van der Waals surface area contributed by atoms with Gasteiger partial charge in [-0.25, -0.2) is 0 Å². The van der Waals surface area contributed by atoms with E-state index in [4.69, 9.17) is 9.84 Å². The van der Waals surface area contributed by atoms with Crippen molar-refractivity contribution >= 4 is 5.91 Å². The van der Waals surface area contributed by atoms with Crippen LogP contribution in [0.25, 0.3) is 0 Å². The third-order valence-corrected chi connectivity index (χ3v) is 2.72. The summed E-state index contributed by atoms with van der Waals surface area (Å²) in [5.74, 6) is 0.726. The maximum absolute atomic E-state index is 11.9. The first-order valence-electron chi connectivity index (χ1n) is 5.89. The molecule has 0 aliphatic carbocycles. The molecule has 0 atom stereocenters. The van der Waals surface area contributed by atoms with Crippen molar-refractivity contribution in [1.82, 2.24) is 5.32 Å². The average Bonchev–Trinajstić information content (AvgIpc) is 2.46. The fraction of sp³-hybridized carbons (Fsp3) is 0.133. The normalized spacial score (nSPS) is 9.95. The van der Waals surface area contributed by atoms with Crippen LogP contribution in [0.5, 0.6) is 11.5 Å². The summed E-state index contributed by atoms with van der Waals surface area (Å²) in [5.41, 5.74) is 1.48. The molecule has 0 aliphatic heterocycles. The summed E-state index contributed by atoms with van der Waals surface area (Å²) in [4.78, 5) is 11.9. The number of carbonyl (C=O) groups excluding carboxylic acids is 1. The molecule has 0 saturated heterocycles. The summed E-state index contributed by atoms with van der Waals surface area (Å²) >= 11 is 0. The Morgan fingerprint density at radius 1 is 1.21 bits per heavy atom. The Morgan fingerprint density at radius 3 is 2.63 bits per heavy atom. The van der Waals surface area contributed by atoms with E-state index in [2.05, 4.69) is 5.32 Å². The van der Waals surface area contributed by atoms with Crippen LogP contribution in [0, 0.1) is 0 Å². The zero-order chi connectivity index (χ0) is 13.7. The molecule has 4 heteroatoms. The van der Waals surface area contributed by atoms with Gasteiger partial charge in [-0.3, -0.25) is 4.79 Å². The summed E-state index contributed by atoms with van der Waals surface area (Å²) < 4.78 is 5.12. The highest BCUT2D eigenvalue weighted by atomic mass is 16.5. The Morgan fingerprint density at radius 2 is 1.95 bits per heavy atom. The number of aromatic hydroxyl groups is 1. The predicted molar refractivity (Wildman–Crippen MR) is 72.3 cm³/mol. The minimum absolute atomic E-state index is 0.143. The molecular weight excluding hydrogens is 242 g/mol. The third-order valence-electron chi connectivity index (χ3n) is 2.72. The smallest absolute Gasteiger partial charge is 0.251 e. The summed E-state index contributed by atoms with van der Waals surface area (Å²) in [6.07, 6.45) is 0. The van der Waals surface area contributed by atoms with E-state index in [1.165, 1.54) is 12.1 Å². The van der Waals surface area contributed by atoms with E-state index in [0.29, 0.717) is 12.1 Å². The summed E-state index contributed by atoms with van der Waals surface area (Å²) in [7, 11) is 1.61. The number of phenolic OH excluding ortho intramolecular Hbond substituents is 1. The summed E-state index contributed by atoms with van der Waals surface area (Å²) in [6.45, 7) is 0.427. The van der Waals surface area contributed by atoms with Gasteiger partial charge in [-0.2, -0.15) is 0 Å². The van der Waals surface area contributed by atoms with Crippen molar-refractivity contribution in [1.29, 1.82) is 0 Å². The van der Waals surface area contributed by atoms with E-state index in [1.807, 2.05) is 24.3 Å². The predicted octanol–water partition coefficient (Wildman–Crippen LogP) is 2.33. The number of hydrogen-bond acceptors (Lipinski definition) is 3. The molecule has 2 N–H and O–H groups in total. The number of ether oxygens (including phenoxy) is 1. The van der Waals surface area contributed by atoms with Crippen LogP contribution in [0.3, 0.4) is 0 Å². The molecule has 0 unspecified atom stereocenters. The van der Waals surface area contributed by atoms with Crippen molar-refractivity contribution in [2.45, 2.75) is 6.54 Å². The van der Waals surface area contributed by atoms with E-state index >= 15 is 0 Å². The van der Waals surface area contributed by atoms with E-state index in [1.54, 1.807) is 19.2 Å². The van der Waals surface area contributed by atoms with Gasteiger partial charge in [0.05, 0.1) is 7.11 Å². The second kappa shape index (κ2) is 5.91. The molecule has 2 aromatic carbocycles. The SMILES string of the molecule is COc1cccc(CNC(=O)c2ccc(O)cc2)c1. The monoisotopic (exact) mass is 257 g/mol. The highest BCUT2D eigenvalue weighted by molar-refractivity contribution is 5.94. The highest BCUT2D eigenvalue weighted by Crippen LogP contribution is 2.13. The molecular formula is C15H15NO3. The molecule has 2 rings (SSSR count). The number of amides is 1. The Hall–Kier alpha value is -2.49. The highest BCUT2D eigenvalue weighted by Gasteiger charge is 2.05. The second-order valence-corrected chi connectivity index (χ2v) is 4.08. The number of rotatable bonds is 4. The van der Waals surface area contributed by atoms with Crippen LogP contribution < -0.4 is 10.1 Å². The van der Waals surface area contributed by atoms with E-state index in [0.717, 1.165) is 11.3 Å². The van der Waals surface area contributed by atoms with Crippen LogP contribution in [0.2, 0.25) is 0 Å². The molecule has 0 bridgehead atoms. The molecule has 4 nitrogen and oxygen atoms in total. The lowest BCUT2D eigenvalue weighted by molar-refractivity contribution is 0.0951. The lowest BCUT2D eigenvalue weighted by atomic mass is 10.2. The molecule has 0 spiro atoms. The number of benzene rings is 2. The van der Waals surface area contributed by atoms with Crippen molar-refractivity contribution < 1.29 is 14.6 Å². The lowest BCUT2D eigenvalue weighted by Crippen LogP contribution is -2.22. The van der Waals surface area contributed by atoms with E-state index in [-0.39, 0.29) is 11.7 Å². The van der Waals surface area contributed by atoms with Crippen molar-refractivity contribution in [3.05, 3.63) is 59.7 Å². The van der Waals surface area contributed by atoms with Gasteiger partial charge in [0.25, 0.3) is 5.91 Å². The maximum Gasteiger partial charge on any atom is 0.251 e. The molecule has 0 radical (unpaired) electrons. The molecule has 1 amide bonds. The molecule has 0 heterocycles. The zero-order valence-corrected chi connectivity index (χ0v) is 10.6. The first kappa shape index (κ1) is 13.0. The molecule has 98 valence electrons. The third kappa shape index (κ3) is 3.48. The van der Waals surface area contributed by atoms with Gasteiger partial charge in [-0.05, 0) is 42.0 Å². The van der Waals surface area contributed by atoms with Gasteiger partial charge in [-0.15, -0.1) is 0 Å². The summed E-state index contributed by atoms with van der Waals surface area (Å²) in [5, 5.41) is 12.0. The number of carbonyl (C=O) groups is 1. The minimum atomic E-state index is -0.178. The molecule has 19 heavy (non-hydrogen) atoms. The lowest BCUT2D eigenvalue weighted by Gasteiger charge is -2.07. The summed E-state index contributed by atoms with van der Waals surface area (Å²) in [6, 6.07) is 13.6. The Labute approximate surface area is 111 Å². The van der Waals surface area contributed by atoms with Gasteiger partial charge in [0.15, 0.2) is 0 Å². The number of phenols is 1. The largest absolute Gasteiger partial charge is 0.508 e. The van der Waals surface area contributed by atoms with Crippen LogP contribution in [0.4, 0.5) is 0 Å². The van der Waals surface area contributed by atoms with Crippen LogP contribution in [0.1, 0.15) is 15.9 Å². The Balaban J connectivity index is 1.98. The second-order valence-electron chi connectivity index (χ2n) is 4.08. The van der Waals surface area contributed by atoms with E-state index in [9.17, 15) is 4.79 Å². The van der Waals surface area contributed by atoms with Crippen molar-refractivity contribution in [3.8, 4) is 11.5 Å². The molecule has 0 fully saturated rings. The fourth-order valence-corrected chi connectivity index (χ4v) is 1.68. The van der Waals surface area contributed by atoms with Crippen LogP contribution >= 0.6 is 0 Å². The van der Waals surface area contributed by atoms with E-state index < -0.39 is 0 Å². The van der Waals surface area contributed by atoms with Crippen molar-refractivity contribution in [3.63, 3.8) is 0 Å². The van der Waals surface area contributed by atoms with Gasteiger partial charge in [0.1, 0.15) is 11.5 Å². The molecule has 2 aromatic rings. The Kier molecular flexibility index (Phi) is 4.03. The van der Waals surface area contributed by atoms with Crippen molar-refractivity contribution in [2.75, 3.05) is 7.11 Å². The topological polar surface area (TPSA) is 58.6 Å². The standard InChI is InChI=1S/C15H15NO3/c1-19-14-4-2-3-11(9-14)10-16-15(18)12-5-7-13(17)8-6-12/h2-9,17H,10H2,1H3,(H,16,18). The van der Waals surface area contributed by atoms with Crippen LogP contribution in [0.15, 0.2) is 48.5 Å². The molecule has 0 aliphatic rings. The molecule has 0 aromatic heterocycles. The number of methoxy groups -OCH3 is 1. The number of nitrogens with one attached hydrogen (secondary N) is 1. The zero-order valence-electron chi connectivity index (χ0n) is 10.6. The fourth-order valence-electron chi connectivity index (χ4n) is 1.68. The minimum Gasteiger partial charge on any atom is -0.508 e. The van der Waals surface area contributed by atoms with Crippen molar-refractivity contribution in [2.24, 2.45) is 0 Å². The maximum atomic E-state index is 11.9. The van der Waals surface area contributed by atoms with Gasteiger partial charge in [-0.1, -0.05) is 12.1 Å². The Bertz CT molecular complexity index is 564. The molecule has 0 saturated carbocycles. The quantitative estimate of drug-likeness (QED) is 0.883. The van der Waals surface area contributed by atoms with Gasteiger partial charge < -0.3 is 15.2 Å². The van der Waals surface area contributed by atoms with Crippen LogP contribution in [-0.4, -0.2) is 18.1 Å². The number of hydrogen-bond donors (Lipinski definition) is 2. The first-order chi connectivity index (χ1) is 9.19. The average molecular weight is 257 g/mol.